The smallest absolute Gasteiger partial charge is 0.235 e. The molecule has 0 amide bonds. The minimum absolute atomic E-state index is 0.0235. The monoisotopic (exact) mass is 322 g/mol. The standard InChI is InChI=1S/C10H15BrN2O3S/c1-8(2)16-6-7-17(14,15)13-9-4-3-5-12-10(9)11/h3-5,8,13H,6-7H2,1-2H3. The van der Waals surface area contributed by atoms with Gasteiger partial charge < -0.3 is 4.74 Å². The first-order valence-corrected chi connectivity index (χ1v) is 7.58. The molecule has 96 valence electrons. The molecule has 0 unspecified atom stereocenters. The van der Waals surface area contributed by atoms with Crippen LogP contribution in [0.2, 0.25) is 0 Å². The van der Waals surface area contributed by atoms with Gasteiger partial charge in [-0.15, -0.1) is 0 Å². The van der Waals surface area contributed by atoms with Crippen LogP contribution in [0.1, 0.15) is 13.8 Å². The van der Waals surface area contributed by atoms with E-state index in [4.69, 9.17) is 4.74 Å². The third-order valence-corrected chi connectivity index (χ3v) is 3.69. The van der Waals surface area contributed by atoms with E-state index in [0.717, 1.165) is 0 Å². The van der Waals surface area contributed by atoms with Crippen molar-refractivity contribution in [2.75, 3.05) is 17.1 Å². The highest BCUT2D eigenvalue weighted by atomic mass is 79.9. The molecule has 0 bridgehead atoms. The number of hydrogen-bond acceptors (Lipinski definition) is 4. The van der Waals surface area contributed by atoms with Gasteiger partial charge in [-0.05, 0) is 41.9 Å². The van der Waals surface area contributed by atoms with Gasteiger partial charge in [0, 0.05) is 6.20 Å². The Morgan fingerprint density at radius 2 is 2.24 bits per heavy atom. The van der Waals surface area contributed by atoms with E-state index in [1.165, 1.54) is 0 Å². The summed E-state index contributed by atoms with van der Waals surface area (Å²) >= 11 is 3.17. The van der Waals surface area contributed by atoms with E-state index >= 15 is 0 Å². The van der Waals surface area contributed by atoms with Gasteiger partial charge in [-0.2, -0.15) is 0 Å². The summed E-state index contributed by atoms with van der Waals surface area (Å²) in [5.74, 6) is -0.0769. The maximum atomic E-state index is 11.7. The molecule has 0 fully saturated rings. The van der Waals surface area contributed by atoms with Crippen LogP contribution >= 0.6 is 15.9 Å². The zero-order chi connectivity index (χ0) is 12.9. The van der Waals surface area contributed by atoms with E-state index in [9.17, 15) is 8.42 Å². The van der Waals surface area contributed by atoms with Crippen LogP contribution in [-0.2, 0) is 14.8 Å². The number of halogens is 1. The van der Waals surface area contributed by atoms with Crippen molar-refractivity contribution in [3.63, 3.8) is 0 Å². The fourth-order valence-electron chi connectivity index (χ4n) is 1.07. The molecule has 1 N–H and O–H groups in total. The number of hydrogen-bond donors (Lipinski definition) is 1. The lowest BCUT2D eigenvalue weighted by molar-refractivity contribution is 0.0913. The van der Waals surface area contributed by atoms with E-state index in [-0.39, 0.29) is 18.5 Å². The normalized spacial score (nSPS) is 11.8. The van der Waals surface area contributed by atoms with Gasteiger partial charge >= 0.3 is 0 Å². The molecule has 1 heterocycles. The highest BCUT2D eigenvalue weighted by Gasteiger charge is 2.12. The number of anilines is 1. The summed E-state index contributed by atoms with van der Waals surface area (Å²) in [7, 11) is -3.40. The minimum atomic E-state index is -3.40. The Balaban J connectivity index is 2.58. The number of ether oxygens (including phenoxy) is 1. The molecule has 0 spiro atoms. The molecule has 0 saturated carbocycles. The summed E-state index contributed by atoms with van der Waals surface area (Å²) in [6.07, 6.45) is 1.60. The number of rotatable bonds is 6. The van der Waals surface area contributed by atoms with Crippen LogP contribution in [0.5, 0.6) is 0 Å². The van der Waals surface area contributed by atoms with Crippen molar-refractivity contribution >= 4 is 31.6 Å². The zero-order valence-corrected chi connectivity index (χ0v) is 12.1. The molecule has 0 aromatic carbocycles. The second kappa shape index (κ2) is 6.32. The predicted molar refractivity (Wildman–Crippen MR) is 70.4 cm³/mol. The Kier molecular flexibility index (Phi) is 5.35. The Labute approximate surface area is 110 Å². The third kappa shape index (κ3) is 5.47. The van der Waals surface area contributed by atoms with Gasteiger partial charge in [-0.25, -0.2) is 13.4 Å². The van der Waals surface area contributed by atoms with Crippen LogP contribution in [0.15, 0.2) is 22.9 Å². The fraction of sp³-hybridized carbons (Fsp3) is 0.500. The largest absolute Gasteiger partial charge is 0.378 e. The quantitative estimate of drug-likeness (QED) is 0.813. The minimum Gasteiger partial charge on any atom is -0.378 e. The Hall–Kier alpha value is -0.660. The Bertz CT molecular complexity index is 462. The first kappa shape index (κ1) is 14.4. The lowest BCUT2D eigenvalue weighted by Gasteiger charge is -2.10. The number of pyridine rings is 1. The molecule has 1 aromatic rings. The highest BCUT2D eigenvalue weighted by Crippen LogP contribution is 2.19. The van der Waals surface area contributed by atoms with Crippen molar-refractivity contribution < 1.29 is 13.2 Å². The van der Waals surface area contributed by atoms with Crippen molar-refractivity contribution in [2.45, 2.75) is 20.0 Å². The van der Waals surface area contributed by atoms with Crippen LogP contribution in [0.4, 0.5) is 5.69 Å². The lowest BCUT2D eigenvalue weighted by Crippen LogP contribution is -2.21. The average Bonchev–Trinajstić information content (AvgIpc) is 2.20. The molecular formula is C10H15BrN2O3S. The van der Waals surface area contributed by atoms with E-state index in [0.29, 0.717) is 10.3 Å². The van der Waals surface area contributed by atoms with E-state index in [1.54, 1.807) is 18.3 Å². The summed E-state index contributed by atoms with van der Waals surface area (Å²) in [5, 5.41) is 0. The van der Waals surface area contributed by atoms with Gasteiger partial charge in [-0.3, -0.25) is 4.72 Å². The van der Waals surface area contributed by atoms with Gasteiger partial charge in [0.15, 0.2) is 0 Å². The maximum Gasteiger partial charge on any atom is 0.235 e. The molecule has 0 saturated heterocycles. The second-order valence-corrected chi connectivity index (χ2v) is 6.28. The Morgan fingerprint density at radius 3 is 2.82 bits per heavy atom. The molecule has 7 heteroatoms. The zero-order valence-electron chi connectivity index (χ0n) is 9.68. The summed E-state index contributed by atoms with van der Waals surface area (Å²) in [6.45, 7) is 3.89. The van der Waals surface area contributed by atoms with Crippen molar-refractivity contribution in [1.82, 2.24) is 4.98 Å². The number of sulfonamides is 1. The van der Waals surface area contributed by atoms with Crippen molar-refractivity contribution in [2.24, 2.45) is 0 Å². The Morgan fingerprint density at radius 1 is 1.53 bits per heavy atom. The number of nitrogens with zero attached hydrogens (tertiary/aromatic N) is 1. The molecule has 17 heavy (non-hydrogen) atoms. The first-order valence-electron chi connectivity index (χ1n) is 5.13. The summed E-state index contributed by atoms with van der Waals surface area (Å²) in [4.78, 5) is 3.93. The topological polar surface area (TPSA) is 68.3 Å². The van der Waals surface area contributed by atoms with Crippen molar-refractivity contribution in [3.05, 3.63) is 22.9 Å². The molecule has 0 aliphatic heterocycles. The fourth-order valence-corrected chi connectivity index (χ4v) is 2.47. The molecular weight excluding hydrogens is 308 g/mol. The maximum absolute atomic E-state index is 11.7. The predicted octanol–water partition coefficient (Wildman–Crippen LogP) is 2.01. The van der Waals surface area contributed by atoms with E-state index < -0.39 is 10.0 Å². The molecule has 0 atom stereocenters. The summed E-state index contributed by atoms with van der Waals surface area (Å²) < 4.78 is 31.5. The molecule has 0 radical (unpaired) electrons. The molecule has 1 rings (SSSR count). The summed E-state index contributed by atoms with van der Waals surface area (Å²) in [5.41, 5.74) is 0.428. The van der Waals surface area contributed by atoms with Crippen LogP contribution < -0.4 is 4.72 Å². The number of nitrogens with one attached hydrogen (secondary N) is 1. The summed E-state index contributed by atoms with van der Waals surface area (Å²) in [6, 6.07) is 3.30. The molecule has 5 nitrogen and oxygen atoms in total. The van der Waals surface area contributed by atoms with Crippen LogP contribution in [0.3, 0.4) is 0 Å². The second-order valence-electron chi connectivity index (χ2n) is 3.68. The number of aromatic nitrogens is 1. The van der Waals surface area contributed by atoms with Gasteiger partial charge in [0.1, 0.15) is 4.60 Å². The van der Waals surface area contributed by atoms with Crippen LogP contribution in [0.25, 0.3) is 0 Å². The van der Waals surface area contributed by atoms with E-state index in [1.807, 2.05) is 13.8 Å². The van der Waals surface area contributed by atoms with Crippen molar-refractivity contribution in [3.8, 4) is 0 Å². The van der Waals surface area contributed by atoms with Crippen LogP contribution in [0, 0.1) is 0 Å². The molecule has 0 aliphatic carbocycles. The lowest BCUT2D eigenvalue weighted by atomic mass is 10.4. The van der Waals surface area contributed by atoms with Gasteiger partial charge in [-0.1, -0.05) is 0 Å². The average molecular weight is 323 g/mol. The van der Waals surface area contributed by atoms with Gasteiger partial charge in [0.25, 0.3) is 0 Å². The van der Waals surface area contributed by atoms with Gasteiger partial charge in [0.05, 0.1) is 24.2 Å². The van der Waals surface area contributed by atoms with Gasteiger partial charge in [0.2, 0.25) is 10.0 Å². The van der Waals surface area contributed by atoms with E-state index in [2.05, 4.69) is 25.6 Å². The van der Waals surface area contributed by atoms with Crippen LogP contribution in [-0.4, -0.2) is 31.9 Å². The molecule has 1 aromatic heterocycles. The highest BCUT2D eigenvalue weighted by molar-refractivity contribution is 9.10. The van der Waals surface area contributed by atoms with Crippen molar-refractivity contribution in [1.29, 1.82) is 0 Å². The third-order valence-electron chi connectivity index (χ3n) is 1.83. The molecule has 0 aliphatic rings. The SMILES string of the molecule is CC(C)OCCS(=O)(=O)Nc1cccnc1Br. The first-order chi connectivity index (χ1) is 7.91.